The fourth-order valence-electron chi connectivity index (χ4n) is 1.15. The Bertz CT molecular complexity index is 241. The highest BCUT2D eigenvalue weighted by molar-refractivity contribution is 5.17. The first-order chi connectivity index (χ1) is 5.70. The van der Waals surface area contributed by atoms with E-state index in [9.17, 15) is 4.39 Å². The SMILES string of the molecule is CC(C)CCc1ccccc1F. The van der Waals surface area contributed by atoms with E-state index in [2.05, 4.69) is 13.8 Å². The van der Waals surface area contributed by atoms with Crippen molar-refractivity contribution in [1.29, 1.82) is 0 Å². The van der Waals surface area contributed by atoms with Gasteiger partial charge in [0, 0.05) is 0 Å². The second-order valence-corrected chi connectivity index (χ2v) is 3.52. The molecule has 0 N–H and O–H groups in total. The molecule has 0 aromatic heterocycles. The molecule has 0 amide bonds. The van der Waals surface area contributed by atoms with Crippen LogP contribution in [0.25, 0.3) is 0 Å². The molecule has 0 aliphatic heterocycles. The van der Waals surface area contributed by atoms with E-state index in [-0.39, 0.29) is 5.82 Å². The third kappa shape index (κ3) is 2.65. The second-order valence-electron chi connectivity index (χ2n) is 3.52. The van der Waals surface area contributed by atoms with Gasteiger partial charge in [-0.05, 0) is 30.4 Å². The van der Waals surface area contributed by atoms with E-state index in [1.165, 1.54) is 6.07 Å². The number of hydrogen-bond donors (Lipinski definition) is 0. The van der Waals surface area contributed by atoms with Gasteiger partial charge in [0.05, 0.1) is 0 Å². The van der Waals surface area contributed by atoms with Crippen molar-refractivity contribution in [3.05, 3.63) is 35.6 Å². The van der Waals surface area contributed by atoms with Gasteiger partial charge in [0.2, 0.25) is 0 Å². The first kappa shape index (κ1) is 9.24. The van der Waals surface area contributed by atoms with Crippen LogP contribution in [-0.4, -0.2) is 0 Å². The molecule has 1 aromatic rings. The molecule has 0 radical (unpaired) electrons. The predicted molar refractivity (Wildman–Crippen MR) is 49.6 cm³/mol. The van der Waals surface area contributed by atoms with Crippen LogP contribution in [0.4, 0.5) is 4.39 Å². The molecule has 0 aliphatic carbocycles. The Kier molecular flexibility index (Phi) is 3.27. The molecule has 66 valence electrons. The van der Waals surface area contributed by atoms with Crippen LogP contribution in [0.5, 0.6) is 0 Å². The maximum absolute atomic E-state index is 13.0. The van der Waals surface area contributed by atoms with Crippen molar-refractivity contribution in [2.24, 2.45) is 5.92 Å². The Morgan fingerprint density at radius 3 is 2.50 bits per heavy atom. The number of hydrogen-bond acceptors (Lipinski definition) is 0. The van der Waals surface area contributed by atoms with E-state index in [1.807, 2.05) is 12.1 Å². The van der Waals surface area contributed by atoms with Gasteiger partial charge in [-0.25, -0.2) is 4.39 Å². The first-order valence-corrected chi connectivity index (χ1v) is 4.43. The summed E-state index contributed by atoms with van der Waals surface area (Å²) in [6.45, 7) is 4.31. The van der Waals surface area contributed by atoms with Crippen molar-refractivity contribution in [2.45, 2.75) is 26.7 Å². The minimum atomic E-state index is -0.0712. The normalized spacial score (nSPS) is 10.7. The van der Waals surface area contributed by atoms with Gasteiger partial charge in [-0.1, -0.05) is 32.0 Å². The smallest absolute Gasteiger partial charge is 0.126 e. The highest BCUT2D eigenvalue weighted by Gasteiger charge is 2.01. The topological polar surface area (TPSA) is 0 Å². The molecule has 0 fully saturated rings. The summed E-state index contributed by atoms with van der Waals surface area (Å²) in [5.41, 5.74) is 0.839. The highest BCUT2D eigenvalue weighted by atomic mass is 19.1. The van der Waals surface area contributed by atoms with E-state index in [0.717, 1.165) is 18.4 Å². The van der Waals surface area contributed by atoms with Crippen LogP contribution in [0.15, 0.2) is 24.3 Å². The van der Waals surface area contributed by atoms with Crippen LogP contribution in [0.1, 0.15) is 25.8 Å². The van der Waals surface area contributed by atoms with E-state index in [0.29, 0.717) is 5.92 Å². The van der Waals surface area contributed by atoms with Gasteiger partial charge in [-0.2, -0.15) is 0 Å². The quantitative estimate of drug-likeness (QED) is 0.645. The van der Waals surface area contributed by atoms with Gasteiger partial charge < -0.3 is 0 Å². The van der Waals surface area contributed by atoms with E-state index < -0.39 is 0 Å². The Morgan fingerprint density at radius 2 is 1.92 bits per heavy atom. The molecule has 1 aromatic carbocycles. The van der Waals surface area contributed by atoms with E-state index >= 15 is 0 Å². The molecular weight excluding hydrogens is 151 g/mol. The Labute approximate surface area is 73.4 Å². The lowest BCUT2D eigenvalue weighted by molar-refractivity contribution is 0.558. The molecule has 0 saturated heterocycles. The average Bonchev–Trinajstić information content (AvgIpc) is 2.03. The lowest BCUT2D eigenvalue weighted by Gasteiger charge is -2.04. The lowest BCUT2D eigenvalue weighted by Crippen LogP contribution is -1.94. The summed E-state index contributed by atoms with van der Waals surface area (Å²) in [4.78, 5) is 0. The molecule has 1 rings (SSSR count). The van der Waals surface area contributed by atoms with Crippen molar-refractivity contribution in [1.82, 2.24) is 0 Å². The molecule has 0 bridgehead atoms. The van der Waals surface area contributed by atoms with Crippen molar-refractivity contribution >= 4 is 0 Å². The van der Waals surface area contributed by atoms with Crippen LogP contribution in [-0.2, 0) is 6.42 Å². The maximum Gasteiger partial charge on any atom is 0.126 e. The largest absolute Gasteiger partial charge is 0.207 e. The summed E-state index contributed by atoms with van der Waals surface area (Å²) in [6.07, 6.45) is 1.91. The molecule has 0 spiro atoms. The number of halogens is 1. The molecule has 0 aliphatic rings. The standard InChI is InChI=1S/C11H15F/c1-9(2)7-8-10-5-3-4-6-11(10)12/h3-6,9H,7-8H2,1-2H3. The average molecular weight is 166 g/mol. The van der Waals surface area contributed by atoms with Crippen LogP contribution in [0.3, 0.4) is 0 Å². The zero-order chi connectivity index (χ0) is 8.97. The Balaban J connectivity index is 2.57. The molecule has 0 atom stereocenters. The number of rotatable bonds is 3. The summed E-state index contributed by atoms with van der Waals surface area (Å²) < 4.78 is 13.0. The molecule has 0 heterocycles. The minimum Gasteiger partial charge on any atom is -0.207 e. The van der Waals surface area contributed by atoms with Gasteiger partial charge in [0.1, 0.15) is 5.82 Å². The summed E-state index contributed by atoms with van der Waals surface area (Å²) in [5.74, 6) is 0.572. The highest BCUT2D eigenvalue weighted by Crippen LogP contribution is 2.11. The molecule has 0 unspecified atom stereocenters. The van der Waals surface area contributed by atoms with Crippen molar-refractivity contribution in [3.63, 3.8) is 0 Å². The van der Waals surface area contributed by atoms with Gasteiger partial charge in [0.25, 0.3) is 0 Å². The van der Waals surface area contributed by atoms with Crippen LogP contribution in [0.2, 0.25) is 0 Å². The molecule has 12 heavy (non-hydrogen) atoms. The maximum atomic E-state index is 13.0. The van der Waals surface area contributed by atoms with Crippen molar-refractivity contribution < 1.29 is 4.39 Å². The first-order valence-electron chi connectivity index (χ1n) is 4.43. The fourth-order valence-corrected chi connectivity index (χ4v) is 1.15. The molecular formula is C11H15F. The molecule has 0 saturated carbocycles. The van der Waals surface area contributed by atoms with Gasteiger partial charge >= 0.3 is 0 Å². The predicted octanol–water partition coefficient (Wildman–Crippen LogP) is 3.41. The summed E-state index contributed by atoms with van der Waals surface area (Å²) in [5, 5.41) is 0. The van der Waals surface area contributed by atoms with E-state index in [1.54, 1.807) is 6.07 Å². The van der Waals surface area contributed by atoms with Gasteiger partial charge in [-0.3, -0.25) is 0 Å². The van der Waals surface area contributed by atoms with Crippen molar-refractivity contribution in [2.75, 3.05) is 0 Å². The zero-order valence-electron chi connectivity index (χ0n) is 7.68. The summed E-state index contributed by atoms with van der Waals surface area (Å²) >= 11 is 0. The third-order valence-electron chi connectivity index (χ3n) is 1.95. The van der Waals surface area contributed by atoms with Crippen LogP contribution < -0.4 is 0 Å². The number of benzene rings is 1. The van der Waals surface area contributed by atoms with E-state index in [4.69, 9.17) is 0 Å². The van der Waals surface area contributed by atoms with Gasteiger partial charge in [-0.15, -0.1) is 0 Å². The van der Waals surface area contributed by atoms with Crippen LogP contribution >= 0.6 is 0 Å². The Hall–Kier alpha value is -0.850. The monoisotopic (exact) mass is 166 g/mol. The third-order valence-corrected chi connectivity index (χ3v) is 1.95. The number of aryl methyl sites for hydroxylation is 1. The van der Waals surface area contributed by atoms with Gasteiger partial charge in [0.15, 0.2) is 0 Å². The van der Waals surface area contributed by atoms with Crippen molar-refractivity contribution in [3.8, 4) is 0 Å². The lowest BCUT2D eigenvalue weighted by atomic mass is 10.0. The summed E-state index contributed by atoms with van der Waals surface area (Å²) in [7, 11) is 0. The summed E-state index contributed by atoms with van der Waals surface area (Å²) in [6, 6.07) is 7.00. The Morgan fingerprint density at radius 1 is 1.25 bits per heavy atom. The minimum absolute atomic E-state index is 0.0712. The van der Waals surface area contributed by atoms with Crippen LogP contribution in [0, 0.1) is 11.7 Å². The molecule has 0 nitrogen and oxygen atoms in total. The fraction of sp³-hybridized carbons (Fsp3) is 0.455. The molecule has 1 heteroatoms. The second kappa shape index (κ2) is 4.24. The zero-order valence-corrected chi connectivity index (χ0v) is 7.68.